The van der Waals surface area contributed by atoms with Crippen molar-refractivity contribution in [1.82, 2.24) is 19.6 Å². The van der Waals surface area contributed by atoms with Crippen molar-refractivity contribution in [3.05, 3.63) is 60.3 Å². The van der Waals surface area contributed by atoms with E-state index < -0.39 is 0 Å². The van der Waals surface area contributed by atoms with Crippen molar-refractivity contribution in [2.75, 3.05) is 0 Å². The first-order valence-corrected chi connectivity index (χ1v) is 5.54. The standard InChI is InChI=1S/C13H11N4/c1-2-4-11(5-3-1)6-7-12-14-10-17-13(16-12)8-9-15-17/h1-5,8-9H,6-7H2. The van der Waals surface area contributed by atoms with Crippen LogP contribution in [0.2, 0.25) is 0 Å². The highest BCUT2D eigenvalue weighted by molar-refractivity contribution is 5.34. The SMILES string of the molecule is [c]1nc(CCc2ccccc2)nc2ccnn12. The van der Waals surface area contributed by atoms with Gasteiger partial charge in [0.1, 0.15) is 5.82 Å². The number of hydrogen-bond acceptors (Lipinski definition) is 3. The Bertz CT molecular complexity index is 615. The molecule has 0 saturated heterocycles. The van der Waals surface area contributed by atoms with Crippen LogP contribution in [0.4, 0.5) is 0 Å². The van der Waals surface area contributed by atoms with E-state index in [0.29, 0.717) is 0 Å². The fourth-order valence-corrected chi connectivity index (χ4v) is 1.73. The Hall–Kier alpha value is -2.23. The molecular weight excluding hydrogens is 212 g/mol. The molecule has 0 unspecified atom stereocenters. The van der Waals surface area contributed by atoms with Crippen LogP contribution < -0.4 is 0 Å². The summed E-state index contributed by atoms with van der Waals surface area (Å²) in [6, 6.07) is 12.2. The highest BCUT2D eigenvalue weighted by Crippen LogP contribution is 2.04. The molecule has 1 radical (unpaired) electrons. The van der Waals surface area contributed by atoms with Gasteiger partial charge in [-0.15, -0.1) is 0 Å². The van der Waals surface area contributed by atoms with Gasteiger partial charge in [0.05, 0.1) is 6.20 Å². The lowest BCUT2D eigenvalue weighted by atomic mass is 10.1. The van der Waals surface area contributed by atoms with E-state index in [0.717, 1.165) is 24.3 Å². The average Bonchev–Trinajstić information content (AvgIpc) is 2.85. The molecule has 0 fully saturated rings. The van der Waals surface area contributed by atoms with E-state index in [9.17, 15) is 0 Å². The predicted molar refractivity (Wildman–Crippen MR) is 63.5 cm³/mol. The van der Waals surface area contributed by atoms with Crippen molar-refractivity contribution in [2.45, 2.75) is 12.8 Å². The second kappa shape index (κ2) is 4.33. The maximum absolute atomic E-state index is 4.41. The second-order valence-corrected chi connectivity index (χ2v) is 3.83. The molecule has 4 heteroatoms. The normalized spacial score (nSPS) is 10.8. The number of nitrogens with zero attached hydrogens (tertiary/aromatic N) is 4. The summed E-state index contributed by atoms with van der Waals surface area (Å²) >= 11 is 0. The molecule has 83 valence electrons. The van der Waals surface area contributed by atoms with Gasteiger partial charge >= 0.3 is 0 Å². The third kappa shape index (κ3) is 2.15. The van der Waals surface area contributed by atoms with Crippen LogP contribution in [-0.4, -0.2) is 19.6 Å². The van der Waals surface area contributed by atoms with Crippen molar-refractivity contribution in [1.29, 1.82) is 0 Å². The minimum Gasteiger partial charge on any atom is -0.214 e. The highest BCUT2D eigenvalue weighted by Gasteiger charge is 2.01. The summed E-state index contributed by atoms with van der Waals surface area (Å²) in [4.78, 5) is 8.57. The Morgan fingerprint density at radius 3 is 2.82 bits per heavy atom. The summed E-state index contributed by atoms with van der Waals surface area (Å²) in [5.74, 6) is 0.807. The minimum absolute atomic E-state index is 0.795. The molecule has 0 aliphatic heterocycles. The van der Waals surface area contributed by atoms with E-state index in [1.165, 1.54) is 5.56 Å². The zero-order valence-corrected chi connectivity index (χ0v) is 9.24. The molecule has 2 heterocycles. The highest BCUT2D eigenvalue weighted by atomic mass is 15.3. The van der Waals surface area contributed by atoms with Gasteiger partial charge in [-0.25, -0.2) is 9.97 Å². The smallest absolute Gasteiger partial charge is 0.202 e. The van der Waals surface area contributed by atoms with Gasteiger partial charge < -0.3 is 0 Å². The molecular formula is C13H11N4. The number of aryl methyl sites for hydroxylation is 2. The van der Waals surface area contributed by atoms with Crippen LogP contribution in [0.15, 0.2) is 42.6 Å². The molecule has 3 rings (SSSR count). The van der Waals surface area contributed by atoms with Gasteiger partial charge in [-0.1, -0.05) is 30.3 Å². The zero-order chi connectivity index (χ0) is 11.5. The first-order chi connectivity index (χ1) is 8.42. The van der Waals surface area contributed by atoms with Gasteiger partial charge in [0.25, 0.3) is 0 Å². The Morgan fingerprint density at radius 2 is 1.94 bits per heavy atom. The van der Waals surface area contributed by atoms with Crippen LogP contribution in [0.5, 0.6) is 0 Å². The summed E-state index contributed by atoms with van der Waals surface area (Å²) in [6.45, 7) is 0. The molecule has 0 N–H and O–H groups in total. The third-order valence-electron chi connectivity index (χ3n) is 2.62. The predicted octanol–water partition coefficient (Wildman–Crippen LogP) is 1.71. The first kappa shape index (κ1) is 9.96. The lowest BCUT2D eigenvalue weighted by molar-refractivity contribution is 0.801. The summed E-state index contributed by atoms with van der Waals surface area (Å²) < 4.78 is 1.55. The number of benzene rings is 1. The van der Waals surface area contributed by atoms with Crippen LogP contribution in [0.1, 0.15) is 11.4 Å². The maximum Gasteiger partial charge on any atom is 0.202 e. The van der Waals surface area contributed by atoms with Crippen molar-refractivity contribution in [3.63, 3.8) is 0 Å². The van der Waals surface area contributed by atoms with Crippen LogP contribution in [0.3, 0.4) is 0 Å². The van der Waals surface area contributed by atoms with E-state index in [2.05, 4.69) is 33.5 Å². The lowest BCUT2D eigenvalue weighted by Crippen LogP contribution is -2.01. The monoisotopic (exact) mass is 223 g/mol. The molecule has 0 saturated carbocycles. The van der Waals surface area contributed by atoms with E-state index in [-0.39, 0.29) is 0 Å². The molecule has 0 bridgehead atoms. The number of fused-ring (bicyclic) bond motifs is 1. The quantitative estimate of drug-likeness (QED) is 0.679. The first-order valence-electron chi connectivity index (χ1n) is 5.54. The van der Waals surface area contributed by atoms with Crippen molar-refractivity contribution < 1.29 is 0 Å². The third-order valence-corrected chi connectivity index (χ3v) is 2.62. The largest absolute Gasteiger partial charge is 0.214 e. The second-order valence-electron chi connectivity index (χ2n) is 3.83. The van der Waals surface area contributed by atoms with Crippen LogP contribution >= 0.6 is 0 Å². The lowest BCUT2D eigenvalue weighted by Gasteiger charge is -2.00. The van der Waals surface area contributed by atoms with E-state index in [4.69, 9.17) is 0 Å². The summed E-state index contributed by atoms with van der Waals surface area (Å²) in [5.41, 5.74) is 2.09. The summed E-state index contributed by atoms with van der Waals surface area (Å²) in [5, 5.41) is 4.01. The van der Waals surface area contributed by atoms with Gasteiger partial charge in [-0.2, -0.15) is 9.61 Å². The van der Waals surface area contributed by atoms with Crippen LogP contribution in [-0.2, 0) is 12.8 Å². The Morgan fingerprint density at radius 1 is 1.06 bits per heavy atom. The minimum atomic E-state index is 0.795. The van der Waals surface area contributed by atoms with Gasteiger partial charge in [0.2, 0.25) is 6.33 Å². The Labute approximate surface area is 99.0 Å². The van der Waals surface area contributed by atoms with E-state index in [1.54, 1.807) is 10.7 Å². The number of hydrogen-bond donors (Lipinski definition) is 0. The Balaban J connectivity index is 1.76. The molecule has 0 aliphatic carbocycles. The molecule has 0 amide bonds. The number of rotatable bonds is 3. The molecule has 0 aliphatic rings. The number of aromatic nitrogens is 4. The molecule has 0 atom stereocenters. The fourth-order valence-electron chi connectivity index (χ4n) is 1.73. The van der Waals surface area contributed by atoms with Crippen molar-refractivity contribution in [3.8, 4) is 0 Å². The molecule has 3 aromatic rings. The van der Waals surface area contributed by atoms with Gasteiger partial charge in [0.15, 0.2) is 5.65 Å². The Kier molecular flexibility index (Phi) is 2.54. The maximum atomic E-state index is 4.41. The van der Waals surface area contributed by atoms with E-state index >= 15 is 0 Å². The average molecular weight is 223 g/mol. The topological polar surface area (TPSA) is 43.1 Å². The summed E-state index contributed by atoms with van der Waals surface area (Å²) in [7, 11) is 0. The van der Waals surface area contributed by atoms with Crippen molar-refractivity contribution >= 4 is 5.65 Å². The van der Waals surface area contributed by atoms with E-state index in [1.807, 2.05) is 24.3 Å². The molecule has 2 aromatic heterocycles. The van der Waals surface area contributed by atoms with Gasteiger partial charge in [0, 0.05) is 12.5 Å². The fraction of sp³-hybridized carbons (Fsp3) is 0.154. The zero-order valence-electron chi connectivity index (χ0n) is 9.24. The molecule has 0 spiro atoms. The molecule has 1 aromatic carbocycles. The van der Waals surface area contributed by atoms with Crippen LogP contribution in [0, 0.1) is 6.33 Å². The summed E-state index contributed by atoms with van der Waals surface area (Å²) in [6.07, 6.45) is 6.29. The van der Waals surface area contributed by atoms with Crippen molar-refractivity contribution in [2.24, 2.45) is 0 Å². The van der Waals surface area contributed by atoms with Crippen LogP contribution in [0.25, 0.3) is 5.65 Å². The molecule has 17 heavy (non-hydrogen) atoms. The molecule has 4 nitrogen and oxygen atoms in total. The van der Waals surface area contributed by atoms with Gasteiger partial charge in [-0.3, -0.25) is 0 Å². The van der Waals surface area contributed by atoms with Gasteiger partial charge in [-0.05, 0) is 12.0 Å².